The van der Waals surface area contributed by atoms with Gasteiger partial charge in [-0.25, -0.2) is 5.26 Å². The molecule has 1 aliphatic carbocycles. The minimum absolute atomic E-state index is 0.729. The van der Waals surface area contributed by atoms with Crippen molar-refractivity contribution < 1.29 is 10.1 Å². The Morgan fingerprint density at radius 2 is 2.55 bits per heavy atom. The first-order valence-corrected chi connectivity index (χ1v) is 4.37. The molecule has 0 aliphatic heterocycles. The Balaban J connectivity index is 2.33. The van der Waals surface area contributed by atoms with Crippen LogP contribution >= 0.6 is 0 Å². The maximum absolute atomic E-state index is 8.41. The molecular formula is C9H16O2. The summed E-state index contributed by atoms with van der Waals surface area (Å²) in [6, 6.07) is 0. The van der Waals surface area contributed by atoms with Crippen molar-refractivity contribution in [3.05, 3.63) is 11.8 Å². The monoisotopic (exact) mass is 156 g/mol. The molecule has 0 saturated carbocycles. The molecule has 0 saturated heterocycles. The van der Waals surface area contributed by atoms with Crippen LogP contribution in [0.3, 0.4) is 0 Å². The van der Waals surface area contributed by atoms with E-state index in [4.69, 9.17) is 5.26 Å². The van der Waals surface area contributed by atoms with Gasteiger partial charge in [-0.1, -0.05) is 19.8 Å². The highest BCUT2D eigenvalue weighted by Crippen LogP contribution is 2.27. The van der Waals surface area contributed by atoms with E-state index >= 15 is 0 Å². The van der Waals surface area contributed by atoms with Crippen molar-refractivity contribution in [1.82, 2.24) is 0 Å². The third kappa shape index (κ3) is 2.54. The summed E-state index contributed by atoms with van der Waals surface area (Å²) in [5, 5.41) is 8.41. The molecule has 2 heteroatoms. The fraction of sp³-hybridized carbons (Fsp3) is 0.778. The van der Waals surface area contributed by atoms with Crippen molar-refractivity contribution in [1.29, 1.82) is 0 Å². The van der Waals surface area contributed by atoms with Crippen molar-refractivity contribution in [2.45, 2.75) is 39.0 Å². The number of hydrogen-bond donors (Lipinski definition) is 1. The first-order valence-electron chi connectivity index (χ1n) is 4.37. The summed E-state index contributed by atoms with van der Waals surface area (Å²) in [5.74, 6) is 1.49. The van der Waals surface area contributed by atoms with Crippen LogP contribution in [0.4, 0.5) is 0 Å². The standard InChI is InChI=1S/C9H16O2/c1-2-4-8-5-3-6-9(7-8)11-10/h6,8,10H,2-5,7H2,1H3. The van der Waals surface area contributed by atoms with Crippen molar-refractivity contribution in [2.24, 2.45) is 5.92 Å². The van der Waals surface area contributed by atoms with Crippen molar-refractivity contribution in [3.63, 3.8) is 0 Å². The Hall–Kier alpha value is -0.500. The molecule has 1 aliphatic rings. The van der Waals surface area contributed by atoms with Crippen LogP contribution in [0.1, 0.15) is 39.0 Å². The Kier molecular flexibility index (Phi) is 3.43. The van der Waals surface area contributed by atoms with Crippen LogP contribution in [0.5, 0.6) is 0 Å². The molecule has 1 atom stereocenters. The molecular weight excluding hydrogens is 140 g/mol. The first-order chi connectivity index (χ1) is 5.36. The predicted octanol–water partition coefficient (Wildman–Crippen LogP) is 2.96. The Morgan fingerprint density at radius 3 is 3.18 bits per heavy atom. The maximum atomic E-state index is 8.41. The third-order valence-corrected chi connectivity index (χ3v) is 2.25. The van der Waals surface area contributed by atoms with Gasteiger partial charge >= 0.3 is 0 Å². The van der Waals surface area contributed by atoms with Gasteiger partial charge in [0.05, 0.1) is 0 Å². The van der Waals surface area contributed by atoms with Gasteiger partial charge in [0.2, 0.25) is 0 Å². The molecule has 64 valence electrons. The second-order valence-electron chi connectivity index (χ2n) is 3.20. The van der Waals surface area contributed by atoms with Crippen LogP contribution in [0.25, 0.3) is 0 Å². The molecule has 1 unspecified atom stereocenters. The minimum Gasteiger partial charge on any atom is -0.345 e. The molecule has 0 heterocycles. The highest BCUT2D eigenvalue weighted by atomic mass is 17.1. The number of hydrogen-bond acceptors (Lipinski definition) is 2. The molecule has 11 heavy (non-hydrogen) atoms. The summed E-state index contributed by atoms with van der Waals surface area (Å²) in [6.45, 7) is 2.19. The molecule has 0 bridgehead atoms. The van der Waals surface area contributed by atoms with E-state index in [1.54, 1.807) is 0 Å². The van der Waals surface area contributed by atoms with Gasteiger partial charge in [-0.2, -0.15) is 0 Å². The van der Waals surface area contributed by atoms with Crippen LogP contribution in [-0.2, 0) is 4.89 Å². The van der Waals surface area contributed by atoms with Gasteiger partial charge in [0.1, 0.15) is 5.76 Å². The van der Waals surface area contributed by atoms with E-state index < -0.39 is 0 Å². The van der Waals surface area contributed by atoms with Crippen molar-refractivity contribution >= 4 is 0 Å². The van der Waals surface area contributed by atoms with E-state index in [0.29, 0.717) is 0 Å². The summed E-state index contributed by atoms with van der Waals surface area (Å²) < 4.78 is 0. The van der Waals surface area contributed by atoms with Gasteiger partial charge in [-0.15, -0.1) is 0 Å². The third-order valence-electron chi connectivity index (χ3n) is 2.25. The fourth-order valence-corrected chi connectivity index (χ4v) is 1.68. The van der Waals surface area contributed by atoms with Crippen LogP contribution in [0.15, 0.2) is 11.8 Å². The molecule has 1 N–H and O–H groups in total. The topological polar surface area (TPSA) is 29.5 Å². The largest absolute Gasteiger partial charge is 0.345 e. The number of allylic oxidation sites excluding steroid dienone is 2. The predicted molar refractivity (Wildman–Crippen MR) is 44.0 cm³/mol. The highest BCUT2D eigenvalue weighted by molar-refractivity contribution is 4.98. The average Bonchev–Trinajstić information content (AvgIpc) is 2.06. The van der Waals surface area contributed by atoms with Gasteiger partial charge in [0, 0.05) is 6.42 Å². The molecule has 0 aromatic heterocycles. The molecule has 1 rings (SSSR count). The molecule has 2 nitrogen and oxygen atoms in total. The van der Waals surface area contributed by atoms with Gasteiger partial charge < -0.3 is 4.89 Å². The normalized spacial score (nSPS) is 24.5. The zero-order chi connectivity index (χ0) is 8.10. The average molecular weight is 156 g/mol. The first kappa shape index (κ1) is 8.60. The van der Waals surface area contributed by atoms with E-state index in [-0.39, 0.29) is 0 Å². The van der Waals surface area contributed by atoms with Gasteiger partial charge in [-0.3, -0.25) is 0 Å². The molecule has 0 radical (unpaired) electrons. The molecule has 0 aromatic rings. The van der Waals surface area contributed by atoms with Gasteiger partial charge in [0.25, 0.3) is 0 Å². The lowest BCUT2D eigenvalue weighted by molar-refractivity contribution is -0.208. The summed E-state index contributed by atoms with van der Waals surface area (Å²) in [5.41, 5.74) is 0. The van der Waals surface area contributed by atoms with Crippen LogP contribution in [-0.4, -0.2) is 5.26 Å². The molecule has 0 fully saturated rings. The molecule has 0 amide bonds. The van der Waals surface area contributed by atoms with E-state index in [2.05, 4.69) is 11.8 Å². The lowest BCUT2D eigenvalue weighted by Gasteiger charge is -2.19. The summed E-state index contributed by atoms with van der Waals surface area (Å²) in [7, 11) is 0. The smallest absolute Gasteiger partial charge is 0.138 e. The Bertz CT molecular complexity index is 140. The lowest BCUT2D eigenvalue weighted by atomic mass is 9.89. The number of rotatable bonds is 3. The Labute approximate surface area is 67.8 Å². The van der Waals surface area contributed by atoms with E-state index in [0.717, 1.165) is 24.5 Å². The summed E-state index contributed by atoms with van der Waals surface area (Å²) in [6.07, 6.45) is 7.68. The van der Waals surface area contributed by atoms with Gasteiger partial charge in [-0.05, 0) is 24.8 Å². The fourth-order valence-electron chi connectivity index (χ4n) is 1.68. The second kappa shape index (κ2) is 4.39. The maximum Gasteiger partial charge on any atom is 0.138 e. The minimum atomic E-state index is 0.729. The zero-order valence-corrected chi connectivity index (χ0v) is 7.05. The second-order valence-corrected chi connectivity index (χ2v) is 3.20. The SMILES string of the molecule is CCCC1CCC=C(OO)C1. The van der Waals surface area contributed by atoms with Crippen molar-refractivity contribution in [3.8, 4) is 0 Å². The highest BCUT2D eigenvalue weighted by Gasteiger charge is 2.15. The van der Waals surface area contributed by atoms with E-state index in [1.807, 2.05) is 6.08 Å². The zero-order valence-electron chi connectivity index (χ0n) is 7.05. The van der Waals surface area contributed by atoms with E-state index in [9.17, 15) is 0 Å². The van der Waals surface area contributed by atoms with Gasteiger partial charge in [0.15, 0.2) is 0 Å². The summed E-state index contributed by atoms with van der Waals surface area (Å²) in [4.78, 5) is 4.23. The van der Waals surface area contributed by atoms with Crippen molar-refractivity contribution in [2.75, 3.05) is 0 Å². The lowest BCUT2D eigenvalue weighted by Crippen LogP contribution is -2.07. The molecule has 0 aromatic carbocycles. The van der Waals surface area contributed by atoms with Crippen LogP contribution in [0.2, 0.25) is 0 Å². The van der Waals surface area contributed by atoms with Crippen LogP contribution in [0, 0.1) is 5.92 Å². The Morgan fingerprint density at radius 1 is 1.73 bits per heavy atom. The van der Waals surface area contributed by atoms with Crippen LogP contribution < -0.4 is 0 Å². The molecule has 0 spiro atoms. The van der Waals surface area contributed by atoms with E-state index in [1.165, 1.54) is 19.3 Å². The summed E-state index contributed by atoms with van der Waals surface area (Å²) >= 11 is 0. The quantitative estimate of drug-likeness (QED) is 0.503.